The van der Waals surface area contributed by atoms with Crippen LogP contribution in [0.2, 0.25) is 5.02 Å². The number of cyclic esters (lactones) is 1. The number of aliphatic hydroxyl groups is 2. The van der Waals surface area contributed by atoms with Gasteiger partial charge in [-0.2, -0.15) is 4.98 Å². The van der Waals surface area contributed by atoms with Gasteiger partial charge in [-0.25, -0.2) is 14.3 Å². The Balaban J connectivity index is 1.38. The van der Waals surface area contributed by atoms with E-state index < -0.39 is 17.2 Å². The number of carbonyl (C=O) groups excluding carboxylic acids is 1. The van der Waals surface area contributed by atoms with Crippen LogP contribution in [-0.2, 0) is 28.0 Å². The van der Waals surface area contributed by atoms with Gasteiger partial charge in [0.25, 0.3) is 5.78 Å². The van der Waals surface area contributed by atoms with Crippen LogP contribution in [0.15, 0.2) is 41.9 Å². The summed E-state index contributed by atoms with van der Waals surface area (Å²) in [5.74, 6) is 0.591. The quantitative estimate of drug-likeness (QED) is 0.410. The highest BCUT2D eigenvalue weighted by molar-refractivity contribution is 6.31. The molecule has 5 rings (SSSR count). The summed E-state index contributed by atoms with van der Waals surface area (Å²) in [5, 5.41) is 26.4. The van der Waals surface area contributed by atoms with Gasteiger partial charge in [0.15, 0.2) is 5.82 Å². The van der Waals surface area contributed by atoms with Crippen LogP contribution in [-0.4, -0.2) is 41.4 Å². The SMILES string of the molecule is Cc1cnc2nc(CC3=C(O)CC(CCc4ccc(C(C)(C)O)c(Cl)c4)(C4CCCC4)OC3=O)nn2c1. The zero-order valence-corrected chi connectivity index (χ0v) is 22.3. The summed E-state index contributed by atoms with van der Waals surface area (Å²) in [6.07, 6.45) is 9.21. The number of aromatic nitrogens is 4. The molecule has 9 heteroatoms. The molecule has 37 heavy (non-hydrogen) atoms. The molecule has 0 bridgehead atoms. The molecule has 196 valence electrons. The van der Waals surface area contributed by atoms with Crippen LogP contribution in [0.25, 0.3) is 5.78 Å². The maximum absolute atomic E-state index is 13.3. The van der Waals surface area contributed by atoms with Crippen molar-refractivity contribution in [1.29, 1.82) is 0 Å². The number of carbonyl (C=O) groups is 1. The number of halogens is 1. The lowest BCUT2D eigenvalue weighted by Crippen LogP contribution is -2.46. The largest absolute Gasteiger partial charge is 0.512 e. The molecule has 1 unspecified atom stereocenters. The zero-order valence-electron chi connectivity index (χ0n) is 21.5. The third kappa shape index (κ3) is 5.22. The van der Waals surface area contributed by atoms with Crippen LogP contribution < -0.4 is 0 Å². The highest BCUT2D eigenvalue weighted by Gasteiger charge is 2.48. The number of aryl methyl sites for hydroxylation is 2. The number of rotatable bonds is 7. The van der Waals surface area contributed by atoms with E-state index >= 15 is 0 Å². The van der Waals surface area contributed by atoms with Crippen molar-refractivity contribution in [2.24, 2.45) is 5.92 Å². The molecule has 1 aromatic carbocycles. The van der Waals surface area contributed by atoms with Gasteiger partial charge in [-0.1, -0.05) is 36.6 Å². The minimum Gasteiger partial charge on any atom is -0.512 e. The molecule has 1 aliphatic carbocycles. The van der Waals surface area contributed by atoms with Crippen molar-refractivity contribution >= 4 is 23.3 Å². The van der Waals surface area contributed by atoms with Crippen LogP contribution in [0.1, 0.15) is 74.9 Å². The molecule has 1 atom stereocenters. The molecule has 2 aliphatic rings. The molecular formula is C28H33ClN4O4. The lowest BCUT2D eigenvalue weighted by atomic mass is 9.76. The molecular weight excluding hydrogens is 492 g/mol. The van der Waals surface area contributed by atoms with E-state index in [2.05, 4.69) is 15.1 Å². The van der Waals surface area contributed by atoms with E-state index in [0.717, 1.165) is 36.8 Å². The van der Waals surface area contributed by atoms with Crippen molar-refractivity contribution in [3.63, 3.8) is 0 Å². The molecule has 2 aromatic heterocycles. The van der Waals surface area contributed by atoms with Crippen LogP contribution >= 0.6 is 11.6 Å². The molecule has 0 saturated heterocycles. The van der Waals surface area contributed by atoms with Gasteiger partial charge in [0, 0.05) is 35.8 Å². The first-order valence-corrected chi connectivity index (χ1v) is 13.3. The number of ether oxygens (including phenoxy) is 1. The fourth-order valence-corrected chi connectivity index (χ4v) is 6.14. The molecule has 8 nitrogen and oxygen atoms in total. The van der Waals surface area contributed by atoms with Crippen LogP contribution in [0.4, 0.5) is 0 Å². The Hall–Kier alpha value is -2.97. The smallest absolute Gasteiger partial charge is 0.338 e. The summed E-state index contributed by atoms with van der Waals surface area (Å²) in [5.41, 5.74) is 1.02. The van der Waals surface area contributed by atoms with E-state index in [1.165, 1.54) is 0 Å². The third-order valence-electron chi connectivity index (χ3n) is 7.69. The Labute approximate surface area is 221 Å². The van der Waals surface area contributed by atoms with E-state index in [1.807, 2.05) is 31.3 Å². The topological polar surface area (TPSA) is 110 Å². The molecule has 0 spiro atoms. The van der Waals surface area contributed by atoms with Crippen LogP contribution in [0.5, 0.6) is 0 Å². The number of hydrogen-bond donors (Lipinski definition) is 2. The number of nitrogens with zero attached hydrogens (tertiary/aromatic N) is 4. The molecule has 0 radical (unpaired) electrons. The zero-order chi connectivity index (χ0) is 26.4. The van der Waals surface area contributed by atoms with Crippen molar-refractivity contribution < 1.29 is 19.7 Å². The fraction of sp³-hybridized carbons (Fsp3) is 0.500. The number of fused-ring (bicyclic) bond motifs is 1. The van der Waals surface area contributed by atoms with Gasteiger partial charge in [0.2, 0.25) is 0 Å². The highest BCUT2D eigenvalue weighted by atomic mass is 35.5. The molecule has 1 fully saturated rings. The van der Waals surface area contributed by atoms with Crippen LogP contribution in [0, 0.1) is 12.8 Å². The number of esters is 1. The van der Waals surface area contributed by atoms with Crippen molar-refractivity contribution in [1.82, 2.24) is 19.6 Å². The Kier molecular flexibility index (Phi) is 6.75. The Morgan fingerprint density at radius 1 is 1.27 bits per heavy atom. The van der Waals surface area contributed by atoms with E-state index in [0.29, 0.717) is 35.0 Å². The predicted octanol–water partition coefficient (Wildman–Crippen LogP) is 5.18. The van der Waals surface area contributed by atoms with Gasteiger partial charge in [-0.3, -0.25) is 0 Å². The van der Waals surface area contributed by atoms with Crippen molar-refractivity contribution in [3.8, 4) is 0 Å². The molecule has 1 aliphatic heterocycles. The van der Waals surface area contributed by atoms with Gasteiger partial charge in [-0.15, -0.1) is 5.10 Å². The van der Waals surface area contributed by atoms with Crippen LogP contribution in [0.3, 0.4) is 0 Å². The summed E-state index contributed by atoms with van der Waals surface area (Å²) in [4.78, 5) is 22.0. The van der Waals surface area contributed by atoms with Crippen molar-refractivity contribution in [3.05, 3.63) is 69.5 Å². The fourth-order valence-electron chi connectivity index (χ4n) is 5.71. The second kappa shape index (κ2) is 9.72. The average Bonchev–Trinajstić information content (AvgIpc) is 3.49. The lowest BCUT2D eigenvalue weighted by Gasteiger charge is -2.41. The summed E-state index contributed by atoms with van der Waals surface area (Å²) in [6.45, 7) is 5.33. The van der Waals surface area contributed by atoms with E-state index in [-0.39, 0.29) is 30.1 Å². The van der Waals surface area contributed by atoms with E-state index in [1.54, 1.807) is 24.6 Å². The van der Waals surface area contributed by atoms with Gasteiger partial charge in [0.05, 0.1) is 11.2 Å². The maximum Gasteiger partial charge on any atom is 0.338 e. The normalized spacial score (nSPS) is 21.2. The minimum absolute atomic E-state index is 0.0570. The van der Waals surface area contributed by atoms with E-state index in [4.69, 9.17) is 16.3 Å². The summed E-state index contributed by atoms with van der Waals surface area (Å²) >= 11 is 6.47. The monoisotopic (exact) mass is 524 g/mol. The molecule has 2 N–H and O–H groups in total. The van der Waals surface area contributed by atoms with Gasteiger partial charge >= 0.3 is 5.97 Å². The summed E-state index contributed by atoms with van der Waals surface area (Å²) < 4.78 is 7.81. The molecule has 3 heterocycles. The minimum atomic E-state index is -1.03. The van der Waals surface area contributed by atoms with Gasteiger partial charge in [-0.05, 0) is 69.6 Å². The molecule has 0 amide bonds. The first-order valence-electron chi connectivity index (χ1n) is 12.9. The maximum atomic E-state index is 13.3. The number of hydrogen-bond acceptors (Lipinski definition) is 7. The first kappa shape index (κ1) is 25.7. The third-order valence-corrected chi connectivity index (χ3v) is 8.00. The van der Waals surface area contributed by atoms with E-state index in [9.17, 15) is 15.0 Å². The summed E-state index contributed by atoms with van der Waals surface area (Å²) in [6, 6.07) is 5.67. The van der Waals surface area contributed by atoms with Crippen molar-refractivity contribution in [2.45, 2.75) is 83.3 Å². The molecule has 3 aromatic rings. The Morgan fingerprint density at radius 2 is 2.03 bits per heavy atom. The Bertz CT molecular complexity index is 1370. The van der Waals surface area contributed by atoms with Gasteiger partial charge in [0.1, 0.15) is 11.4 Å². The Morgan fingerprint density at radius 3 is 2.70 bits per heavy atom. The standard InChI is InChI=1S/C28H33ClN4O4/c1-17-15-30-26-31-24(32-33(26)16-17)13-20-23(34)14-28(37-25(20)35,19-6-4-5-7-19)11-10-18-8-9-21(22(29)12-18)27(2,3)36/h8-9,12,15-16,19,34,36H,4-7,10-11,13-14H2,1-3H3. The lowest BCUT2D eigenvalue weighted by molar-refractivity contribution is -0.167. The highest BCUT2D eigenvalue weighted by Crippen LogP contribution is 2.46. The predicted molar refractivity (Wildman–Crippen MR) is 139 cm³/mol. The molecule has 1 saturated carbocycles. The second-order valence-corrected chi connectivity index (χ2v) is 11.4. The average molecular weight is 525 g/mol. The number of aliphatic hydroxyl groups excluding tert-OH is 1. The first-order chi connectivity index (χ1) is 17.5. The number of benzene rings is 1. The summed E-state index contributed by atoms with van der Waals surface area (Å²) in [7, 11) is 0. The van der Waals surface area contributed by atoms with Gasteiger partial charge < -0.3 is 14.9 Å². The van der Waals surface area contributed by atoms with Crippen molar-refractivity contribution in [2.75, 3.05) is 0 Å². The second-order valence-electron chi connectivity index (χ2n) is 11.0.